The molecule has 0 saturated carbocycles. The molecule has 3 heteroatoms. The van der Waals surface area contributed by atoms with Gasteiger partial charge in [0.25, 0.3) is 0 Å². The van der Waals surface area contributed by atoms with E-state index >= 15 is 0 Å². The number of pyridine rings is 1. The Kier molecular flexibility index (Phi) is 3.49. The second kappa shape index (κ2) is 5.06. The van der Waals surface area contributed by atoms with Crippen molar-refractivity contribution in [1.29, 1.82) is 0 Å². The number of hydrogen-bond acceptors (Lipinski definition) is 2. The lowest BCUT2D eigenvalue weighted by Gasteiger charge is -2.18. The van der Waals surface area contributed by atoms with Gasteiger partial charge in [0.1, 0.15) is 5.82 Å². The number of halogens is 1. The van der Waals surface area contributed by atoms with Gasteiger partial charge in [-0.1, -0.05) is 29.8 Å². The fraction of sp³-hybridized carbons (Fsp3) is 0.214. The number of nitrogens with one attached hydrogen (secondary N) is 1. The van der Waals surface area contributed by atoms with Crippen molar-refractivity contribution in [3.05, 3.63) is 65.2 Å². The van der Waals surface area contributed by atoms with Gasteiger partial charge in [0, 0.05) is 11.8 Å². The molecule has 0 amide bonds. The Morgan fingerprint density at radius 2 is 2.12 bits per heavy atom. The molecule has 1 heterocycles. The summed E-state index contributed by atoms with van der Waals surface area (Å²) in [5.41, 5.74) is 2.84. The third-order valence-electron chi connectivity index (χ3n) is 2.78. The Labute approximate surface area is 101 Å². The molecule has 0 saturated heterocycles. The van der Waals surface area contributed by atoms with Crippen molar-refractivity contribution in [1.82, 2.24) is 10.3 Å². The first-order valence-corrected chi connectivity index (χ1v) is 5.55. The van der Waals surface area contributed by atoms with Crippen LogP contribution < -0.4 is 5.32 Å². The zero-order valence-electron chi connectivity index (χ0n) is 9.94. The summed E-state index contributed by atoms with van der Waals surface area (Å²) in [5, 5.41) is 3.13. The maximum Gasteiger partial charge on any atom is 0.146 e. The van der Waals surface area contributed by atoms with Crippen LogP contribution in [0.15, 0.2) is 42.7 Å². The number of nitrogens with zero attached hydrogens (tertiary/aromatic N) is 1. The number of aryl methyl sites for hydroxylation is 1. The maximum absolute atomic E-state index is 13.7. The topological polar surface area (TPSA) is 24.9 Å². The molecule has 1 aromatic heterocycles. The van der Waals surface area contributed by atoms with Gasteiger partial charge in [0.2, 0.25) is 0 Å². The average Bonchev–Trinajstić information content (AvgIpc) is 2.33. The lowest BCUT2D eigenvalue weighted by Crippen LogP contribution is -2.19. The van der Waals surface area contributed by atoms with Crippen LogP contribution in [0, 0.1) is 12.7 Å². The zero-order chi connectivity index (χ0) is 12.3. The molecule has 17 heavy (non-hydrogen) atoms. The minimum absolute atomic E-state index is 0.141. The summed E-state index contributed by atoms with van der Waals surface area (Å²) < 4.78 is 13.7. The van der Waals surface area contributed by atoms with Crippen molar-refractivity contribution >= 4 is 0 Å². The van der Waals surface area contributed by atoms with Crippen LogP contribution in [-0.4, -0.2) is 12.0 Å². The number of hydrogen-bond donors (Lipinski definition) is 1. The summed E-state index contributed by atoms with van der Waals surface area (Å²) in [5.74, 6) is -0.284. The molecule has 0 bridgehead atoms. The highest BCUT2D eigenvalue weighted by molar-refractivity contribution is 5.33. The third-order valence-corrected chi connectivity index (χ3v) is 2.78. The first-order valence-electron chi connectivity index (χ1n) is 5.55. The van der Waals surface area contributed by atoms with Crippen molar-refractivity contribution < 1.29 is 4.39 Å². The van der Waals surface area contributed by atoms with E-state index in [9.17, 15) is 4.39 Å². The minimum Gasteiger partial charge on any atom is -0.309 e. The van der Waals surface area contributed by atoms with Crippen LogP contribution in [0.25, 0.3) is 0 Å². The molecule has 1 unspecified atom stereocenters. The van der Waals surface area contributed by atoms with Crippen LogP contribution in [0.2, 0.25) is 0 Å². The van der Waals surface area contributed by atoms with E-state index in [2.05, 4.69) is 16.4 Å². The first-order chi connectivity index (χ1) is 8.22. The summed E-state index contributed by atoms with van der Waals surface area (Å²) in [7, 11) is 1.83. The van der Waals surface area contributed by atoms with Crippen LogP contribution in [0.4, 0.5) is 4.39 Å². The second-order valence-corrected chi connectivity index (χ2v) is 4.03. The van der Waals surface area contributed by atoms with E-state index in [1.165, 1.54) is 6.20 Å². The van der Waals surface area contributed by atoms with Crippen LogP contribution in [0.1, 0.15) is 22.7 Å². The molecule has 2 rings (SSSR count). The predicted molar refractivity (Wildman–Crippen MR) is 66.3 cm³/mol. The molecular formula is C14H15FN2. The lowest BCUT2D eigenvalue weighted by molar-refractivity contribution is 0.570. The van der Waals surface area contributed by atoms with Crippen LogP contribution in [0.3, 0.4) is 0 Å². The van der Waals surface area contributed by atoms with E-state index in [0.717, 1.165) is 11.1 Å². The second-order valence-electron chi connectivity index (χ2n) is 4.03. The Bertz CT molecular complexity index is 511. The third kappa shape index (κ3) is 2.50. The van der Waals surface area contributed by atoms with Crippen molar-refractivity contribution in [3.8, 4) is 0 Å². The molecule has 2 aromatic rings. The molecule has 0 aliphatic carbocycles. The van der Waals surface area contributed by atoms with Gasteiger partial charge in [0.15, 0.2) is 0 Å². The predicted octanol–water partition coefficient (Wildman–Crippen LogP) is 2.84. The summed E-state index contributed by atoms with van der Waals surface area (Å²) in [4.78, 5) is 3.77. The highest BCUT2D eigenvalue weighted by Crippen LogP contribution is 2.23. The Hall–Kier alpha value is -1.74. The SMILES string of the molecule is CNC(c1cccc(C)c1)c1ccncc1F. The summed E-state index contributed by atoms with van der Waals surface area (Å²) >= 11 is 0. The fourth-order valence-corrected chi connectivity index (χ4v) is 1.97. The molecule has 0 aliphatic heterocycles. The van der Waals surface area contributed by atoms with Gasteiger partial charge in [0.05, 0.1) is 12.2 Å². The highest BCUT2D eigenvalue weighted by atomic mass is 19.1. The van der Waals surface area contributed by atoms with Gasteiger partial charge in [-0.15, -0.1) is 0 Å². The zero-order valence-corrected chi connectivity index (χ0v) is 9.94. The smallest absolute Gasteiger partial charge is 0.146 e. The van der Waals surface area contributed by atoms with Crippen molar-refractivity contribution in [2.75, 3.05) is 7.05 Å². The number of benzene rings is 1. The van der Waals surface area contributed by atoms with E-state index in [4.69, 9.17) is 0 Å². The van der Waals surface area contributed by atoms with E-state index in [-0.39, 0.29) is 11.9 Å². The van der Waals surface area contributed by atoms with Crippen molar-refractivity contribution in [2.24, 2.45) is 0 Å². The van der Waals surface area contributed by atoms with Gasteiger partial charge < -0.3 is 5.32 Å². The largest absolute Gasteiger partial charge is 0.309 e. The molecule has 0 radical (unpaired) electrons. The molecule has 1 atom stereocenters. The minimum atomic E-state index is -0.284. The molecular weight excluding hydrogens is 215 g/mol. The number of aromatic nitrogens is 1. The quantitative estimate of drug-likeness (QED) is 0.877. The van der Waals surface area contributed by atoms with Gasteiger partial charge in [-0.05, 0) is 25.6 Å². The molecule has 88 valence electrons. The summed E-state index contributed by atoms with van der Waals surface area (Å²) in [6.07, 6.45) is 2.86. The lowest BCUT2D eigenvalue weighted by atomic mass is 9.98. The number of rotatable bonds is 3. The van der Waals surface area contributed by atoms with Crippen LogP contribution in [-0.2, 0) is 0 Å². The Balaban J connectivity index is 2.44. The average molecular weight is 230 g/mol. The Morgan fingerprint density at radius 3 is 2.76 bits per heavy atom. The molecule has 0 fully saturated rings. The molecule has 0 spiro atoms. The standard InChI is InChI=1S/C14H15FN2/c1-10-4-3-5-11(8-10)14(16-2)12-6-7-17-9-13(12)15/h3-9,14,16H,1-2H3. The summed E-state index contributed by atoms with van der Waals surface area (Å²) in [6.45, 7) is 2.03. The molecule has 1 aromatic carbocycles. The van der Waals surface area contributed by atoms with Crippen LogP contribution in [0.5, 0.6) is 0 Å². The normalized spacial score (nSPS) is 12.4. The maximum atomic E-state index is 13.7. The van der Waals surface area contributed by atoms with E-state index in [0.29, 0.717) is 5.56 Å². The van der Waals surface area contributed by atoms with Gasteiger partial charge in [-0.25, -0.2) is 4.39 Å². The van der Waals surface area contributed by atoms with Gasteiger partial charge in [-0.3, -0.25) is 4.98 Å². The van der Waals surface area contributed by atoms with Crippen molar-refractivity contribution in [3.63, 3.8) is 0 Å². The van der Waals surface area contributed by atoms with E-state index in [1.54, 1.807) is 12.3 Å². The fourth-order valence-electron chi connectivity index (χ4n) is 1.97. The first kappa shape index (κ1) is 11.7. The van der Waals surface area contributed by atoms with E-state index < -0.39 is 0 Å². The van der Waals surface area contributed by atoms with Crippen LogP contribution >= 0.6 is 0 Å². The van der Waals surface area contributed by atoms with Gasteiger partial charge >= 0.3 is 0 Å². The van der Waals surface area contributed by atoms with E-state index in [1.807, 2.05) is 32.2 Å². The molecule has 2 nitrogen and oxygen atoms in total. The molecule has 0 aliphatic rings. The monoisotopic (exact) mass is 230 g/mol. The summed E-state index contributed by atoms with van der Waals surface area (Å²) in [6, 6.07) is 9.62. The molecule has 1 N–H and O–H groups in total. The Morgan fingerprint density at radius 1 is 1.29 bits per heavy atom. The highest BCUT2D eigenvalue weighted by Gasteiger charge is 2.15. The van der Waals surface area contributed by atoms with Crippen molar-refractivity contribution in [2.45, 2.75) is 13.0 Å². The van der Waals surface area contributed by atoms with Gasteiger partial charge in [-0.2, -0.15) is 0 Å².